The second kappa shape index (κ2) is 4.28. The fourth-order valence-electron chi connectivity index (χ4n) is 2.74. The maximum absolute atomic E-state index is 12.1. The monoisotopic (exact) mass is 270 g/mol. The summed E-state index contributed by atoms with van der Waals surface area (Å²) in [4.78, 5) is 26.1. The van der Waals surface area contributed by atoms with Crippen molar-refractivity contribution < 1.29 is 19.4 Å². The average Bonchev–Trinajstić information content (AvgIpc) is 2.88. The van der Waals surface area contributed by atoms with Crippen molar-refractivity contribution in [3.63, 3.8) is 0 Å². The van der Waals surface area contributed by atoms with Gasteiger partial charge in [0.05, 0.1) is 6.04 Å². The highest BCUT2D eigenvalue weighted by Crippen LogP contribution is 2.54. The largest absolute Gasteiger partial charge is 0.465 e. The van der Waals surface area contributed by atoms with Crippen LogP contribution in [-0.4, -0.2) is 58.9 Å². The summed E-state index contributed by atoms with van der Waals surface area (Å²) in [5.74, 6) is 0. The molecule has 2 fully saturated rings. The highest BCUT2D eigenvalue weighted by molar-refractivity contribution is 5.70. The van der Waals surface area contributed by atoms with E-state index in [1.54, 1.807) is 11.9 Å². The number of ether oxygens (including phenoxy) is 1. The molecule has 1 aliphatic heterocycles. The van der Waals surface area contributed by atoms with Crippen molar-refractivity contribution >= 4 is 12.2 Å². The van der Waals surface area contributed by atoms with Gasteiger partial charge in [-0.15, -0.1) is 0 Å². The molecule has 108 valence electrons. The first kappa shape index (κ1) is 14.0. The van der Waals surface area contributed by atoms with Crippen molar-refractivity contribution in [1.82, 2.24) is 9.80 Å². The molecule has 1 heterocycles. The summed E-state index contributed by atoms with van der Waals surface area (Å²) in [7, 11) is 1.70. The van der Waals surface area contributed by atoms with Gasteiger partial charge < -0.3 is 19.6 Å². The number of nitrogens with zero attached hydrogens (tertiary/aromatic N) is 2. The molecule has 0 bridgehead atoms. The molecule has 1 aliphatic carbocycles. The third kappa shape index (κ3) is 2.77. The van der Waals surface area contributed by atoms with Crippen molar-refractivity contribution in [1.29, 1.82) is 0 Å². The zero-order valence-electron chi connectivity index (χ0n) is 12.0. The van der Waals surface area contributed by atoms with Crippen LogP contribution in [0.2, 0.25) is 0 Å². The number of likely N-dealkylation sites (N-methyl/N-ethyl adjacent to an activating group) is 1. The van der Waals surface area contributed by atoms with Crippen molar-refractivity contribution in [2.75, 3.05) is 20.1 Å². The van der Waals surface area contributed by atoms with Gasteiger partial charge in [0.15, 0.2) is 0 Å². The quantitative estimate of drug-likeness (QED) is 0.791. The Labute approximate surface area is 113 Å². The van der Waals surface area contributed by atoms with E-state index in [-0.39, 0.29) is 17.6 Å². The minimum Gasteiger partial charge on any atom is -0.465 e. The number of hydrogen-bond acceptors (Lipinski definition) is 3. The molecule has 0 aromatic rings. The van der Waals surface area contributed by atoms with Gasteiger partial charge in [0, 0.05) is 25.6 Å². The molecule has 19 heavy (non-hydrogen) atoms. The zero-order valence-corrected chi connectivity index (χ0v) is 12.0. The van der Waals surface area contributed by atoms with Crippen LogP contribution in [0.1, 0.15) is 33.6 Å². The van der Waals surface area contributed by atoms with Gasteiger partial charge in [-0.25, -0.2) is 9.59 Å². The summed E-state index contributed by atoms with van der Waals surface area (Å²) in [5.41, 5.74) is -0.572. The molecule has 1 N–H and O–H groups in total. The molecule has 1 spiro atoms. The number of hydrogen-bond donors (Lipinski definition) is 1. The molecule has 2 aliphatic rings. The van der Waals surface area contributed by atoms with Crippen molar-refractivity contribution in [3.05, 3.63) is 0 Å². The van der Waals surface area contributed by atoms with E-state index in [0.29, 0.717) is 13.1 Å². The standard InChI is InChI=1S/C13H22N2O4/c1-12(2,3)19-11(18)14(4)9-7-15(10(16)17)8-13(9)5-6-13/h9H,5-8H2,1-4H3,(H,16,17). The average molecular weight is 270 g/mol. The first-order valence-electron chi connectivity index (χ1n) is 6.58. The Hall–Kier alpha value is -1.46. The first-order chi connectivity index (χ1) is 8.65. The van der Waals surface area contributed by atoms with E-state index in [0.717, 1.165) is 12.8 Å². The Morgan fingerprint density at radius 2 is 1.95 bits per heavy atom. The minimum atomic E-state index is -0.911. The van der Waals surface area contributed by atoms with Gasteiger partial charge in [0.2, 0.25) is 0 Å². The van der Waals surface area contributed by atoms with E-state index >= 15 is 0 Å². The van der Waals surface area contributed by atoms with E-state index < -0.39 is 11.7 Å². The lowest BCUT2D eigenvalue weighted by molar-refractivity contribution is 0.0184. The summed E-state index contributed by atoms with van der Waals surface area (Å²) in [6.07, 6.45) is 0.672. The molecule has 6 nitrogen and oxygen atoms in total. The fraction of sp³-hybridized carbons (Fsp3) is 0.846. The Kier molecular flexibility index (Phi) is 3.15. The van der Waals surface area contributed by atoms with Crippen LogP contribution in [0.25, 0.3) is 0 Å². The van der Waals surface area contributed by atoms with Gasteiger partial charge in [-0.3, -0.25) is 0 Å². The number of carboxylic acid groups (broad SMARTS) is 1. The molecule has 0 aromatic carbocycles. The first-order valence-corrected chi connectivity index (χ1v) is 6.58. The molecular formula is C13H22N2O4. The minimum absolute atomic E-state index is 0.0377. The van der Waals surface area contributed by atoms with Crippen LogP contribution < -0.4 is 0 Å². The highest BCUT2D eigenvalue weighted by Gasteiger charge is 2.58. The summed E-state index contributed by atoms with van der Waals surface area (Å²) in [5, 5.41) is 9.09. The molecule has 2 amide bonds. The third-order valence-electron chi connectivity index (χ3n) is 3.92. The van der Waals surface area contributed by atoms with Gasteiger partial charge in [-0.05, 0) is 33.6 Å². The van der Waals surface area contributed by atoms with E-state index in [4.69, 9.17) is 9.84 Å². The summed E-state index contributed by atoms with van der Waals surface area (Å²) in [6.45, 7) is 6.38. The number of carbonyl (C=O) groups excluding carboxylic acids is 1. The maximum Gasteiger partial charge on any atom is 0.410 e. The summed E-state index contributed by atoms with van der Waals surface area (Å²) >= 11 is 0. The topological polar surface area (TPSA) is 70.1 Å². The van der Waals surface area contributed by atoms with E-state index in [1.165, 1.54) is 4.90 Å². The Balaban J connectivity index is 2.05. The SMILES string of the molecule is CN(C(=O)OC(C)(C)C)C1CN(C(=O)O)CC12CC2. The second-order valence-corrected chi connectivity index (χ2v) is 6.63. The van der Waals surface area contributed by atoms with Crippen LogP contribution in [0, 0.1) is 5.41 Å². The van der Waals surface area contributed by atoms with Gasteiger partial charge in [-0.1, -0.05) is 0 Å². The van der Waals surface area contributed by atoms with Gasteiger partial charge in [0.1, 0.15) is 5.60 Å². The molecule has 1 saturated heterocycles. The lowest BCUT2D eigenvalue weighted by atomic mass is 10.00. The Morgan fingerprint density at radius 1 is 1.37 bits per heavy atom. The predicted octanol–water partition coefficient (Wildman–Crippen LogP) is 2.00. The maximum atomic E-state index is 12.1. The third-order valence-corrected chi connectivity index (χ3v) is 3.92. The van der Waals surface area contributed by atoms with Gasteiger partial charge >= 0.3 is 12.2 Å². The fourth-order valence-corrected chi connectivity index (χ4v) is 2.74. The molecule has 1 unspecified atom stereocenters. The number of carbonyl (C=O) groups is 2. The van der Waals surface area contributed by atoms with Crippen LogP contribution in [0.15, 0.2) is 0 Å². The summed E-state index contributed by atoms with van der Waals surface area (Å²) < 4.78 is 5.35. The van der Waals surface area contributed by atoms with Crippen LogP contribution in [-0.2, 0) is 4.74 Å². The lowest BCUT2D eigenvalue weighted by Crippen LogP contribution is -2.45. The normalized spacial score (nSPS) is 24.4. The van der Waals surface area contributed by atoms with E-state index in [1.807, 2.05) is 20.8 Å². The number of likely N-dealkylation sites (tertiary alicyclic amines) is 1. The molecule has 0 aromatic heterocycles. The summed E-state index contributed by atoms with van der Waals surface area (Å²) in [6, 6.07) is -0.0709. The van der Waals surface area contributed by atoms with Crippen molar-refractivity contribution in [3.8, 4) is 0 Å². The van der Waals surface area contributed by atoms with Crippen LogP contribution in [0.3, 0.4) is 0 Å². The number of amides is 2. The molecule has 6 heteroatoms. The molecule has 1 saturated carbocycles. The molecule has 1 atom stereocenters. The zero-order chi connectivity index (χ0) is 14.4. The van der Waals surface area contributed by atoms with Crippen molar-refractivity contribution in [2.45, 2.75) is 45.3 Å². The smallest absolute Gasteiger partial charge is 0.410 e. The van der Waals surface area contributed by atoms with Gasteiger partial charge in [-0.2, -0.15) is 0 Å². The Bertz CT molecular complexity index is 398. The van der Waals surface area contributed by atoms with Crippen LogP contribution in [0.4, 0.5) is 9.59 Å². The molecular weight excluding hydrogens is 248 g/mol. The number of rotatable bonds is 1. The second-order valence-electron chi connectivity index (χ2n) is 6.63. The highest BCUT2D eigenvalue weighted by atomic mass is 16.6. The molecule has 2 rings (SSSR count). The van der Waals surface area contributed by atoms with E-state index in [9.17, 15) is 9.59 Å². The lowest BCUT2D eigenvalue weighted by Gasteiger charge is -2.31. The van der Waals surface area contributed by atoms with E-state index in [2.05, 4.69) is 0 Å². The predicted molar refractivity (Wildman–Crippen MR) is 69.0 cm³/mol. The van der Waals surface area contributed by atoms with Gasteiger partial charge in [0.25, 0.3) is 0 Å². The van der Waals surface area contributed by atoms with Crippen molar-refractivity contribution in [2.24, 2.45) is 5.41 Å². The molecule has 0 radical (unpaired) electrons. The Morgan fingerprint density at radius 3 is 2.37 bits per heavy atom. The van der Waals surface area contributed by atoms with Crippen LogP contribution in [0.5, 0.6) is 0 Å². The van der Waals surface area contributed by atoms with Crippen LogP contribution >= 0.6 is 0 Å².